The summed E-state index contributed by atoms with van der Waals surface area (Å²) in [6.07, 6.45) is 0. The van der Waals surface area contributed by atoms with E-state index in [1.54, 1.807) is 12.1 Å². The highest BCUT2D eigenvalue weighted by atomic mass is 16.5. The van der Waals surface area contributed by atoms with Crippen LogP contribution in [0.3, 0.4) is 0 Å². The minimum Gasteiger partial charge on any atom is -0.545 e. The zero-order valence-corrected chi connectivity index (χ0v) is 10.1. The fourth-order valence-corrected chi connectivity index (χ4v) is 1.55. The second kappa shape index (κ2) is 4.91. The van der Waals surface area contributed by atoms with Crippen molar-refractivity contribution in [3.05, 3.63) is 46.8 Å². The fourth-order valence-electron chi connectivity index (χ4n) is 1.55. The van der Waals surface area contributed by atoms with Gasteiger partial charge in [-0.3, -0.25) is 0 Å². The van der Waals surface area contributed by atoms with Crippen molar-refractivity contribution in [2.24, 2.45) is 0 Å². The fraction of sp³-hybridized carbons (Fsp3) is 0.231. The second-order valence-electron chi connectivity index (χ2n) is 3.90. The molecule has 0 saturated heterocycles. The Balaban J connectivity index is 2.04. The molecule has 0 atom stereocenters. The van der Waals surface area contributed by atoms with Crippen LogP contribution in [0.25, 0.3) is 0 Å². The van der Waals surface area contributed by atoms with Gasteiger partial charge in [-0.05, 0) is 43.7 Å². The lowest BCUT2D eigenvalue weighted by Crippen LogP contribution is -2.21. The highest BCUT2D eigenvalue weighted by molar-refractivity contribution is 5.85. The molecule has 0 radical (unpaired) electrons. The molecule has 0 amide bonds. The maximum absolute atomic E-state index is 10.6. The van der Waals surface area contributed by atoms with Gasteiger partial charge < -0.3 is 19.2 Å². The van der Waals surface area contributed by atoms with E-state index in [1.165, 1.54) is 12.1 Å². The van der Waals surface area contributed by atoms with Crippen LogP contribution in [0.4, 0.5) is 0 Å². The lowest BCUT2D eigenvalue weighted by Gasteiger charge is -2.07. The zero-order valence-electron chi connectivity index (χ0n) is 10.1. The summed E-state index contributed by atoms with van der Waals surface area (Å²) < 4.78 is 10.6. The highest BCUT2D eigenvalue weighted by Gasteiger charge is 2.09. The number of aromatic carboxylic acids is 1. The van der Waals surface area contributed by atoms with E-state index >= 15 is 0 Å². The number of benzene rings is 1. The maximum Gasteiger partial charge on any atom is 0.140 e. The summed E-state index contributed by atoms with van der Waals surface area (Å²) in [4.78, 5) is 10.6. The van der Waals surface area contributed by atoms with Crippen molar-refractivity contribution in [2.75, 3.05) is 0 Å². The Morgan fingerprint density at radius 3 is 2.50 bits per heavy atom. The summed E-state index contributed by atoms with van der Waals surface area (Å²) >= 11 is 0. The van der Waals surface area contributed by atoms with Crippen molar-refractivity contribution in [1.82, 2.24) is 5.16 Å². The van der Waals surface area contributed by atoms with Crippen molar-refractivity contribution in [3.8, 4) is 5.75 Å². The SMILES string of the molecule is Cc1noc(C)c1COc1ccc(C(=O)[O-])cc1. The van der Waals surface area contributed by atoms with Crippen LogP contribution in [0, 0.1) is 13.8 Å². The lowest BCUT2D eigenvalue weighted by atomic mass is 10.2. The third kappa shape index (κ3) is 2.51. The highest BCUT2D eigenvalue weighted by Crippen LogP contribution is 2.17. The van der Waals surface area contributed by atoms with Gasteiger partial charge in [0, 0.05) is 0 Å². The van der Waals surface area contributed by atoms with Gasteiger partial charge in [0.25, 0.3) is 0 Å². The van der Waals surface area contributed by atoms with Gasteiger partial charge in [-0.25, -0.2) is 0 Å². The molecule has 5 nitrogen and oxygen atoms in total. The first-order valence-electron chi connectivity index (χ1n) is 5.44. The molecule has 2 rings (SSSR count). The molecule has 0 aliphatic heterocycles. The van der Waals surface area contributed by atoms with E-state index in [4.69, 9.17) is 9.26 Å². The van der Waals surface area contributed by atoms with Crippen LogP contribution in [0.2, 0.25) is 0 Å². The Kier molecular flexibility index (Phi) is 3.32. The number of nitrogens with zero attached hydrogens (tertiary/aromatic N) is 1. The van der Waals surface area contributed by atoms with E-state index in [9.17, 15) is 9.90 Å². The van der Waals surface area contributed by atoms with Crippen LogP contribution in [0.1, 0.15) is 27.4 Å². The largest absolute Gasteiger partial charge is 0.545 e. The summed E-state index contributed by atoms with van der Waals surface area (Å²) in [6.45, 7) is 4.00. The smallest absolute Gasteiger partial charge is 0.140 e. The topological polar surface area (TPSA) is 75.4 Å². The molecule has 0 saturated carbocycles. The first kappa shape index (κ1) is 12.2. The van der Waals surface area contributed by atoms with Gasteiger partial charge in [0.05, 0.1) is 17.2 Å². The summed E-state index contributed by atoms with van der Waals surface area (Å²) in [7, 11) is 0. The molecular weight excluding hydrogens is 234 g/mol. The summed E-state index contributed by atoms with van der Waals surface area (Å²) in [5, 5.41) is 14.4. The number of hydrogen-bond donors (Lipinski definition) is 0. The van der Waals surface area contributed by atoms with Gasteiger partial charge in [-0.15, -0.1) is 0 Å². The average molecular weight is 246 g/mol. The van der Waals surface area contributed by atoms with E-state index < -0.39 is 5.97 Å². The lowest BCUT2D eigenvalue weighted by molar-refractivity contribution is -0.255. The molecule has 0 spiro atoms. The molecule has 1 aromatic heterocycles. The molecule has 0 fully saturated rings. The molecule has 94 valence electrons. The van der Waals surface area contributed by atoms with Crippen LogP contribution < -0.4 is 9.84 Å². The standard InChI is InChI=1S/C13H13NO4/c1-8-12(9(2)18-14-8)7-17-11-5-3-10(4-6-11)13(15)16/h3-6H,7H2,1-2H3,(H,15,16)/p-1. The Morgan fingerprint density at radius 2 is 2.00 bits per heavy atom. The minimum absolute atomic E-state index is 0.125. The molecule has 1 aromatic carbocycles. The number of carbonyl (C=O) groups excluding carboxylic acids is 1. The van der Waals surface area contributed by atoms with Crippen molar-refractivity contribution in [3.63, 3.8) is 0 Å². The Hall–Kier alpha value is -2.30. The van der Waals surface area contributed by atoms with Gasteiger partial charge in [0.1, 0.15) is 18.1 Å². The molecule has 0 aliphatic carbocycles. The number of rotatable bonds is 4. The quantitative estimate of drug-likeness (QED) is 0.811. The Morgan fingerprint density at radius 1 is 1.33 bits per heavy atom. The van der Waals surface area contributed by atoms with Crippen LogP contribution in [0.15, 0.2) is 28.8 Å². The predicted molar refractivity (Wildman–Crippen MR) is 61.1 cm³/mol. The third-order valence-corrected chi connectivity index (χ3v) is 2.65. The number of ether oxygens (including phenoxy) is 1. The van der Waals surface area contributed by atoms with Gasteiger partial charge in [0.15, 0.2) is 0 Å². The van der Waals surface area contributed by atoms with Crippen LogP contribution >= 0.6 is 0 Å². The monoisotopic (exact) mass is 246 g/mol. The van der Waals surface area contributed by atoms with Crippen LogP contribution in [0.5, 0.6) is 5.75 Å². The van der Waals surface area contributed by atoms with Crippen LogP contribution in [-0.4, -0.2) is 11.1 Å². The number of aromatic nitrogens is 1. The molecular formula is C13H12NO4-. The number of carboxylic acids is 1. The summed E-state index contributed by atoms with van der Waals surface area (Å²) in [5.74, 6) is 0.103. The van der Waals surface area contributed by atoms with Crippen molar-refractivity contribution in [1.29, 1.82) is 0 Å². The van der Waals surface area contributed by atoms with E-state index in [1.807, 2.05) is 13.8 Å². The predicted octanol–water partition coefficient (Wildman–Crippen LogP) is 1.23. The van der Waals surface area contributed by atoms with Crippen molar-refractivity contribution in [2.45, 2.75) is 20.5 Å². The molecule has 2 aromatic rings. The van der Waals surface area contributed by atoms with Crippen molar-refractivity contribution >= 4 is 5.97 Å². The van der Waals surface area contributed by atoms with Crippen molar-refractivity contribution < 1.29 is 19.2 Å². The zero-order chi connectivity index (χ0) is 13.1. The summed E-state index contributed by atoms with van der Waals surface area (Å²) in [6, 6.07) is 6.06. The maximum atomic E-state index is 10.6. The van der Waals surface area contributed by atoms with Gasteiger partial charge in [-0.2, -0.15) is 0 Å². The van der Waals surface area contributed by atoms with Crippen LogP contribution in [-0.2, 0) is 6.61 Å². The molecule has 0 aliphatic rings. The molecule has 0 N–H and O–H groups in total. The number of aryl methyl sites for hydroxylation is 2. The first-order chi connectivity index (χ1) is 8.58. The minimum atomic E-state index is -1.20. The summed E-state index contributed by atoms with van der Waals surface area (Å²) in [5.41, 5.74) is 1.82. The molecule has 5 heteroatoms. The van der Waals surface area contributed by atoms with Gasteiger partial charge in [0.2, 0.25) is 0 Å². The first-order valence-corrected chi connectivity index (χ1v) is 5.44. The molecule has 0 bridgehead atoms. The molecule has 18 heavy (non-hydrogen) atoms. The Bertz CT molecular complexity index is 537. The third-order valence-electron chi connectivity index (χ3n) is 2.65. The Labute approximate surface area is 104 Å². The van der Waals surface area contributed by atoms with E-state index in [2.05, 4.69) is 5.16 Å². The van der Waals surface area contributed by atoms with E-state index in [0.717, 1.165) is 17.0 Å². The second-order valence-corrected chi connectivity index (χ2v) is 3.90. The molecule has 1 heterocycles. The normalized spacial score (nSPS) is 10.3. The number of carboxylic acid groups (broad SMARTS) is 1. The number of carbonyl (C=O) groups is 1. The molecule has 0 unspecified atom stereocenters. The van der Waals surface area contributed by atoms with Gasteiger partial charge in [-0.1, -0.05) is 5.16 Å². The number of hydrogen-bond acceptors (Lipinski definition) is 5. The van der Waals surface area contributed by atoms with E-state index in [-0.39, 0.29) is 5.56 Å². The average Bonchev–Trinajstić information content (AvgIpc) is 2.67. The van der Waals surface area contributed by atoms with Gasteiger partial charge >= 0.3 is 0 Å². The van der Waals surface area contributed by atoms with E-state index in [0.29, 0.717) is 12.4 Å².